The third-order valence-electron chi connectivity index (χ3n) is 3.15. The number of nitrogens with zero attached hydrogens (tertiary/aromatic N) is 1. The summed E-state index contributed by atoms with van der Waals surface area (Å²) in [7, 11) is 0. The van der Waals surface area contributed by atoms with Gasteiger partial charge in [-0.2, -0.15) is 0 Å². The van der Waals surface area contributed by atoms with E-state index in [0.29, 0.717) is 17.9 Å². The molecule has 0 aliphatic rings. The summed E-state index contributed by atoms with van der Waals surface area (Å²) in [6, 6.07) is 11.2. The summed E-state index contributed by atoms with van der Waals surface area (Å²) < 4.78 is 6.47. The third kappa shape index (κ3) is 3.13. The van der Waals surface area contributed by atoms with Crippen molar-refractivity contribution in [2.45, 2.75) is 6.42 Å². The lowest BCUT2D eigenvalue weighted by atomic mass is 10.2. The molecule has 0 aliphatic heterocycles. The molecule has 1 N–H and O–H groups in total. The molecule has 1 aromatic carbocycles. The Bertz CT molecular complexity index is 768. The number of hydrogen-bond donors (Lipinski definition) is 1. The molecule has 4 nitrogen and oxygen atoms in total. The molecule has 106 valence electrons. The minimum Gasteiger partial charge on any atom is -0.451 e. The van der Waals surface area contributed by atoms with Gasteiger partial charge in [0.1, 0.15) is 5.58 Å². The molecular weight excluding hydrogens is 332 g/mol. The Balaban J connectivity index is 1.65. The SMILES string of the molecule is O=C(NCCc1cccnc1)c1cc2c(Br)cccc2o1. The molecule has 0 saturated heterocycles. The lowest BCUT2D eigenvalue weighted by Gasteiger charge is -2.02. The third-order valence-corrected chi connectivity index (χ3v) is 3.85. The van der Waals surface area contributed by atoms with Crippen LogP contribution in [0, 0.1) is 0 Å². The fraction of sp³-hybridized carbons (Fsp3) is 0.125. The first kappa shape index (κ1) is 13.8. The highest BCUT2D eigenvalue weighted by atomic mass is 79.9. The van der Waals surface area contributed by atoms with E-state index >= 15 is 0 Å². The van der Waals surface area contributed by atoms with E-state index in [1.54, 1.807) is 18.5 Å². The van der Waals surface area contributed by atoms with Crippen LogP contribution < -0.4 is 5.32 Å². The fourth-order valence-corrected chi connectivity index (χ4v) is 2.55. The van der Waals surface area contributed by atoms with E-state index in [1.165, 1.54) is 0 Å². The molecule has 1 amide bonds. The second-order valence-corrected chi connectivity index (χ2v) is 5.48. The molecule has 0 saturated carbocycles. The molecule has 0 spiro atoms. The van der Waals surface area contributed by atoms with Gasteiger partial charge in [-0.25, -0.2) is 0 Å². The van der Waals surface area contributed by atoms with Gasteiger partial charge in [0, 0.05) is 28.8 Å². The average Bonchev–Trinajstić information content (AvgIpc) is 2.94. The van der Waals surface area contributed by atoms with Crippen molar-refractivity contribution in [1.82, 2.24) is 10.3 Å². The van der Waals surface area contributed by atoms with E-state index in [-0.39, 0.29) is 5.91 Å². The number of rotatable bonds is 4. The zero-order valence-corrected chi connectivity index (χ0v) is 12.8. The summed E-state index contributed by atoms with van der Waals surface area (Å²) in [5.41, 5.74) is 1.78. The maximum absolute atomic E-state index is 12.1. The molecule has 0 fully saturated rings. The maximum Gasteiger partial charge on any atom is 0.287 e. The van der Waals surface area contributed by atoms with Gasteiger partial charge in [-0.1, -0.05) is 28.1 Å². The number of pyridine rings is 1. The first-order valence-electron chi connectivity index (χ1n) is 6.59. The number of nitrogens with one attached hydrogen (secondary N) is 1. The van der Waals surface area contributed by atoms with Crippen LogP contribution in [0.3, 0.4) is 0 Å². The van der Waals surface area contributed by atoms with Crippen molar-refractivity contribution in [1.29, 1.82) is 0 Å². The molecule has 0 bridgehead atoms. The molecule has 2 aromatic heterocycles. The Morgan fingerprint density at radius 2 is 2.19 bits per heavy atom. The van der Waals surface area contributed by atoms with Crippen LogP contribution >= 0.6 is 15.9 Å². The van der Waals surface area contributed by atoms with Gasteiger partial charge in [0.25, 0.3) is 5.91 Å². The molecule has 5 heteroatoms. The summed E-state index contributed by atoms with van der Waals surface area (Å²) in [6.45, 7) is 0.544. The number of fused-ring (bicyclic) bond motifs is 1. The standard InChI is InChI=1S/C16H13BrN2O2/c17-13-4-1-5-14-12(13)9-15(21-14)16(20)19-8-6-11-3-2-7-18-10-11/h1-5,7,9-10H,6,8H2,(H,19,20). The maximum atomic E-state index is 12.1. The molecule has 0 atom stereocenters. The average molecular weight is 345 g/mol. The lowest BCUT2D eigenvalue weighted by molar-refractivity contribution is 0.0928. The van der Waals surface area contributed by atoms with Crippen LogP contribution in [0.1, 0.15) is 16.1 Å². The highest BCUT2D eigenvalue weighted by molar-refractivity contribution is 9.10. The van der Waals surface area contributed by atoms with E-state index < -0.39 is 0 Å². The van der Waals surface area contributed by atoms with Crippen LogP contribution in [0.4, 0.5) is 0 Å². The normalized spacial score (nSPS) is 10.7. The fourth-order valence-electron chi connectivity index (χ4n) is 2.09. The topological polar surface area (TPSA) is 55.1 Å². The van der Waals surface area contributed by atoms with Crippen molar-refractivity contribution in [3.8, 4) is 0 Å². The summed E-state index contributed by atoms with van der Waals surface area (Å²) in [4.78, 5) is 16.1. The number of furan rings is 1. The van der Waals surface area contributed by atoms with E-state index in [1.807, 2.05) is 30.3 Å². The zero-order chi connectivity index (χ0) is 14.7. The van der Waals surface area contributed by atoms with E-state index in [4.69, 9.17) is 4.42 Å². The zero-order valence-electron chi connectivity index (χ0n) is 11.2. The van der Waals surface area contributed by atoms with Gasteiger partial charge in [-0.15, -0.1) is 0 Å². The first-order valence-corrected chi connectivity index (χ1v) is 7.38. The molecule has 2 heterocycles. The lowest BCUT2D eigenvalue weighted by Crippen LogP contribution is -2.25. The summed E-state index contributed by atoms with van der Waals surface area (Å²) in [5.74, 6) is 0.116. The van der Waals surface area contributed by atoms with Crippen molar-refractivity contribution in [3.63, 3.8) is 0 Å². The second-order valence-electron chi connectivity index (χ2n) is 4.63. The molecule has 0 radical (unpaired) electrons. The van der Waals surface area contributed by atoms with Gasteiger partial charge >= 0.3 is 0 Å². The largest absolute Gasteiger partial charge is 0.451 e. The Morgan fingerprint density at radius 3 is 2.95 bits per heavy atom. The van der Waals surface area contributed by atoms with Crippen LogP contribution in [0.15, 0.2) is 57.7 Å². The smallest absolute Gasteiger partial charge is 0.287 e. The summed E-state index contributed by atoms with van der Waals surface area (Å²) in [5, 5.41) is 3.75. The van der Waals surface area contributed by atoms with E-state index in [2.05, 4.69) is 26.2 Å². The Hall–Kier alpha value is -2.14. The van der Waals surface area contributed by atoms with Gasteiger partial charge < -0.3 is 9.73 Å². The van der Waals surface area contributed by atoms with Gasteiger partial charge in [-0.05, 0) is 36.2 Å². The minimum atomic E-state index is -0.206. The van der Waals surface area contributed by atoms with Crippen LogP contribution in [0.5, 0.6) is 0 Å². The number of benzene rings is 1. The predicted octanol–water partition coefficient (Wildman–Crippen LogP) is 3.56. The number of hydrogen-bond acceptors (Lipinski definition) is 3. The van der Waals surface area contributed by atoms with Crippen LogP contribution in [0.2, 0.25) is 0 Å². The van der Waals surface area contributed by atoms with E-state index in [0.717, 1.165) is 21.8 Å². The van der Waals surface area contributed by atoms with Gasteiger partial charge in [0.05, 0.1) is 0 Å². The van der Waals surface area contributed by atoms with Crippen LogP contribution in [-0.4, -0.2) is 17.4 Å². The van der Waals surface area contributed by atoms with E-state index in [9.17, 15) is 4.79 Å². The van der Waals surface area contributed by atoms with Gasteiger partial charge in [0.2, 0.25) is 0 Å². The van der Waals surface area contributed by atoms with Gasteiger partial charge in [-0.3, -0.25) is 9.78 Å². The first-order chi connectivity index (χ1) is 10.2. The van der Waals surface area contributed by atoms with Crippen LogP contribution in [0.25, 0.3) is 11.0 Å². The predicted molar refractivity (Wildman–Crippen MR) is 84.2 cm³/mol. The molecule has 21 heavy (non-hydrogen) atoms. The number of aromatic nitrogens is 1. The van der Waals surface area contributed by atoms with Crippen LogP contribution in [-0.2, 0) is 6.42 Å². The quantitative estimate of drug-likeness (QED) is 0.787. The van der Waals surface area contributed by atoms with Crippen molar-refractivity contribution in [3.05, 3.63) is 64.6 Å². The molecule has 0 aliphatic carbocycles. The Morgan fingerprint density at radius 1 is 1.29 bits per heavy atom. The minimum absolute atomic E-state index is 0.206. The molecule has 0 unspecified atom stereocenters. The molecule has 3 aromatic rings. The molecular formula is C16H13BrN2O2. The summed E-state index contributed by atoms with van der Waals surface area (Å²) >= 11 is 3.44. The summed E-state index contributed by atoms with van der Waals surface area (Å²) in [6.07, 6.45) is 4.27. The highest BCUT2D eigenvalue weighted by Crippen LogP contribution is 2.26. The van der Waals surface area contributed by atoms with Crippen molar-refractivity contribution in [2.75, 3.05) is 6.54 Å². The van der Waals surface area contributed by atoms with Crippen molar-refractivity contribution >= 4 is 32.8 Å². The highest BCUT2D eigenvalue weighted by Gasteiger charge is 2.13. The number of amides is 1. The monoisotopic (exact) mass is 344 g/mol. The number of carbonyl (C=O) groups excluding carboxylic acids is 1. The van der Waals surface area contributed by atoms with Crippen molar-refractivity contribution < 1.29 is 9.21 Å². The molecule has 3 rings (SSSR count). The number of halogens is 1. The Kier molecular flexibility index (Phi) is 4.01. The second kappa shape index (κ2) is 6.10. The number of carbonyl (C=O) groups is 1. The van der Waals surface area contributed by atoms with Crippen molar-refractivity contribution in [2.24, 2.45) is 0 Å². The van der Waals surface area contributed by atoms with Gasteiger partial charge in [0.15, 0.2) is 5.76 Å². The Labute approximate surface area is 130 Å².